The zero-order valence-corrected chi connectivity index (χ0v) is 20.7. The molecular formula is C28H33N3O5. The van der Waals surface area contributed by atoms with Crippen LogP contribution >= 0.6 is 0 Å². The third kappa shape index (κ3) is 5.15. The summed E-state index contributed by atoms with van der Waals surface area (Å²) in [7, 11) is 1.54. The molecule has 3 aliphatic rings. The Morgan fingerprint density at radius 3 is 2.56 bits per heavy atom. The summed E-state index contributed by atoms with van der Waals surface area (Å²) >= 11 is 0. The molecule has 3 heterocycles. The molecule has 5 rings (SSSR count). The Bertz CT molecular complexity index is 1110. The number of hydrogen-bond donors (Lipinski definition) is 1. The van der Waals surface area contributed by atoms with E-state index in [-0.39, 0.29) is 31.2 Å². The van der Waals surface area contributed by atoms with E-state index >= 15 is 0 Å². The number of morpholine rings is 1. The van der Waals surface area contributed by atoms with Crippen molar-refractivity contribution in [2.45, 2.75) is 63.6 Å². The van der Waals surface area contributed by atoms with Crippen molar-refractivity contribution in [2.75, 3.05) is 20.1 Å². The molecule has 2 saturated heterocycles. The molecule has 2 bridgehead atoms. The number of likely N-dealkylation sites (N-methyl/N-ethyl adjacent to an activating group) is 1. The van der Waals surface area contributed by atoms with Gasteiger partial charge in [-0.2, -0.15) is 0 Å². The quantitative estimate of drug-likeness (QED) is 0.514. The van der Waals surface area contributed by atoms with E-state index in [2.05, 4.69) is 34.5 Å². The molecule has 2 aromatic carbocycles. The number of benzene rings is 2. The van der Waals surface area contributed by atoms with Gasteiger partial charge in [-0.25, -0.2) is 0 Å². The Kier molecular flexibility index (Phi) is 7.34. The van der Waals surface area contributed by atoms with E-state index in [0.717, 1.165) is 37.0 Å². The van der Waals surface area contributed by atoms with E-state index in [1.54, 1.807) is 12.1 Å². The molecule has 36 heavy (non-hydrogen) atoms. The van der Waals surface area contributed by atoms with Gasteiger partial charge >= 0.3 is 0 Å². The van der Waals surface area contributed by atoms with Gasteiger partial charge in [-0.15, -0.1) is 0 Å². The summed E-state index contributed by atoms with van der Waals surface area (Å²) in [6, 6.07) is 13.2. The fourth-order valence-electron chi connectivity index (χ4n) is 5.52. The predicted octanol–water partition coefficient (Wildman–Crippen LogP) is 2.68. The smallest absolute Gasteiger partial charge is 0.255 e. The number of amides is 2. The number of ether oxygens (including phenoxy) is 2. The molecule has 1 N–H and O–H groups in total. The molecule has 8 heteroatoms. The van der Waals surface area contributed by atoms with Crippen molar-refractivity contribution in [2.24, 2.45) is 0 Å². The van der Waals surface area contributed by atoms with Gasteiger partial charge in [-0.3, -0.25) is 14.5 Å². The second-order valence-corrected chi connectivity index (χ2v) is 9.85. The van der Waals surface area contributed by atoms with Crippen LogP contribution in [0.15, 0.2) is 42.5 Å². The van der Waals surface area contributed by atoms with Crippen LogP contribution in [-0.4, -0.2) is 66.3 Å². The SMILES string of the molecule is CNC(=O)C(CCC=O)N1Cc2c(OCc3ccc(CN4CC5CCC(C4)O5)cc3)cccc2C1=O. The van der Waals surface area contributed by atoms with Gasteiger partial charge in [0.15, 0.2) is 0 Å². The van der Waals surface area contributed by atoms with Crippen LogP contribution in [0.3, 0.4) is 0 Å². The number of fused-ring (bicyclic) bond motifs is 3. The molecule has 2 aromatic rings. The molecule has 3 atom stereocenters. The second-order valence-electron chi connectivity index (χ2n) is 9.85. The van der Waals surface area contributed by atoms with Gasteiger partial charge in [0, 0.05) is 44.2 Å². The van der Waals surface area contributed by atoms with Crippen molar-refractivity contribution in [3.05, 3.63) is 64.7 Å². The van der Waals surface area contributed by atoms with Crippen LogP contribution in [0, 0.1) is 0 Å². The molecule has 0 saturated carbocycles. The molecule has 3 aliphatic heterocycles. The lowest BCUT2D eigenvalue weighted by Crippen LogP contribution is -2.46. The van der Waals surface area contributed by atoms with Gasteiger partial charge in [0.05, 0.1) is 18.8 Å². The number of likely N-dealkylation sites (tertiary alicyclic amines) is 1. The van der Waals surface area contributed by atoms with Gasteiger partial charge in [0.25, 0.3) is 5.91 Å². The van der Waals surface area contributed by atoms with E-state index in [0.29, 0.717) is 30.1 Å². The van der Waals surface area contributed by atoms with Crippen molar-refractivity contribution in [3.63, 3.8) is 0 Å². The van der Waals surface area contributed by atoms with Crippen LogP contribution in [0.2, 0.25) is 0 Å². The van der Waals surface area contributed by atoms with Gasteiger partial charge in [0.2, 0.25) is 5.91 Å². The summed E-state index contributed by atoms with van der Waals surface area (Å²) in [5.74, 6) is 0.156. The van der Waals surface area contributed by atoms with Crippen LogP contribution in [0.5, 0.6) is 5.75 Å². The third-order valence-electron chi connectivity index (χ3n) is 7.38. The molecular weight excluding hydrogens is 458 g/mol. The van der Waals surface area contributed by atoms with E-state index in [9.17, 15) is 14.4 Å². The highest BCUT2D eigenvalue weighted by molar-refractivity contribution is 6.01. The average Bonchev–Trinajstić information content (AvgIpc) is 3.42. The first-order chi connectivity index (χ1) is 17.6. The number of carbonyl (C=O) groups is 3. The number of rotatable bonds is 10. The molecule has 2 amide bonds. The van der Waals surface area contributed by atoms with Crippen LogP contribution in [0.25, 0.3) is 0 Å². The maximum atomic E-state index is 13.1. The first kappa shape index (κ1) is 24.5. The maximum Gasteiger partial charge on any atom is 0.255 e. The summed E-state index contributed by atoms with van der Waals surface area (Å²) in [5, 5.41) is 2.61. The zero-order valence-electron chi connectivity index (χ0n) is 20.7. The van der Waals surface area contributed by atoms with E-state index in [1.807, 2.05) is 6.07 Å². The van der Waals surface area contributed by atoms with Crippen molar-refractivity contribution in [1.29, 1.82) is 0 Å². The van der Waals surface area contributed by atoms with E-state index in [4.69, 9.17) is 9.47 Å². The molecule has 0 aliphatic carbocycles. The highest BCUT2D eigenvalue weighted by atomic mass is 16.5. The van der Waals surface area contributed by atoms with Gasteiger partial charge in [-0.1, -0.05) is 30.3 Å². The number of nitrogens with one attached hydrogen (secondary N) is 1. The zero-order chi connectivity index (χ0) is 25.1. The minimum atomic E-state index is -0.692. The minimum Gasteiger partial charge on any atom is -0.489 e. The molecule has 8 nitrogen and oxygen atoms in total. The lowest BCUT2D eigenvalue weighted by molar-refractivity contribution is -0.125. The van der Waals surface area contributed by atoms with Crippen LogP contribution < -0.4 is 10.1 Å². The first-order valence-electron chi connectivity index (χ1n) is 12.7. The van der Waals surface area contributed by atoms with Crippen LogP contribution in [-0.2, 0) is 34.0 Å². The minimum absolute atomic E-state index is 0.212. The van der Waals surface area contributed by atoms with Crippen LogP contribution in [0.1, 0.15) is 52.7 Å². The summed E-state index contributed by atoms with van der Waals surface area (Å²) in [4.78, 5) is 40.4. The largest absolute Gasteiger partial charge is 0.489 e. The fourth-order valence-corrected chi connectivity index (χ4v) is 5.52. The monoisotopic (exact) mass is 491 g/mol. The van der Waals surface area contributed by atoms with Crippen molar-refractivity contribution in [1.82, 2.24) is 15.1 Å². The van der Waals surface area contributed by atoms with Gasteiger partial charge in [0.1, 0.15) is 24.7 Å². The molecule has 0 spiro atoms. The Hall–Kier alpha value is -3.23. The Morgan fingerprint density at radius 1 is 1.14 bits per heavy atom. The topological polar surface area (TPSA) is 88.2 Å². The number of aldehydes is 1. The second kappa shape index (κ2) is 10.8. The van der Waals surface area contributed by atoms with Gasteiger partial charge in [-0.05, 0) is 42.5 Å². The predicted molar refractivity (Wildman–Crippen MR) is 133 cm³/mol. The summed E-state index contributed by atoms with van der Waals surface area (Å²) in [6.07, 6.45) is 4.41. The van der Waals surface area contributed by atoms with Crippen molar-refractivity contribution >= 4 is 18.1 Å². The van der Waals surface area contributed by atoms with E-state index < -0.39 is 6.04 Å². The van der Waals surface area contributed by atoms with E-state index in [1.165, 1.54) is 30.4 Å². The Labute approximate surface area is 211 Å². The summed E-state index contributed by atoms with van der Waals surface area (Å²) < 4.78 is 12.1. The molecule has 190 valence electrons. The summed E-state index contributed by atoms with van der Waals surface area (Å²) in [5.41, 5.74) is 3.65. The third-order valence-corrected chi connectivity index (χ3v) is 7.38. The molecule has 2 fully saturated rings. The van der Waals surface area contributed by atoms with Crippen molar-refractivity contribution in [3.8, 4) is 5.75 Å². The standard InChI is InChI=1S/C28H33N3O5/c1-29-27(33)25(5-3-13-32)31-17-24-23(28(31)34)4-2-6-26(24)35-18-20-9-7-19(8-10-20)14-30-15-21-11-12-22(16-30)36-21/h2,4,6-10,13,21-22,25H,3,5,11-12,14-18H2,1H3,(H,29,33). The van der Waals surface area contributed by atoms with Gasteiger partial charge < -0.3 is 24.5 Å². The number of nitrogens with zero attached hydrogens (tertiary/aromatic N) is 2. The number of hydrogen-bond acceptors (Lipinski definition) is 6. The normalized spacial score (nSPS) is 21.8. The summed E-state index contributed by atoms with van der Waals surface area (Å²) in [6.45, 7) is 3.61. The number of carbonyl (C=O) groups excluding carboxylic acids is 3. The molecule has 0 radical (unpaired) electrons. The molecule has 3 unspecified atom stereocenters. The van der Waals surface area contributed by atoms with Crippen molar-refractivity contribution < 1.29 is 23.9 Å². The highest BCUT2D eigenvalue weighted by Gasteiger charge is 2.37. The maximum absolute atomic E-state index is 13.1. The fraction of sp³-hybridized carbons (Fsp3) is 0.464. The lowest BCUT2D eigenvalue weighted by atomic mass is 10.1. The molecule has 0 aromatic heterocycles. The first-order valence-corrected chi connectivity index (χ1v) is 12.7. The Balaban J connectivity index is 1.22. The highest BCUT2D eigenvalue weighted by Crippen LogP contribution is 2.33. The lowest BCUT2D eigenvalue weighted by Gasteiger charge is -2.32. The Morgan fingerprint density at radius 2 is 1.86 bits per heavy atom. The average molecular weight is 492 g/mol. The van der Waals surface area contributed by atoms with Crippen LogP contribution in [0.4, 0.5) is 0 Å².